The van der Waals surface area contributed by atoms with Gasteiger partial charge in [-0.05, 0) is 30.9 Å². The summed E-state index contributed by atoms with van der Waals surface area (Å²) in [5.41, 5.74) is 1.70. The van der Waals surface area contributed by atoms with Crippen molar-refractivity contribution in [3.63, 3.8) is 0 Å². The van der Waals surface area contributed by atoms with Crippen LogP contribution in [0.25, 0.3) is 0 Å². The average molecular weight is 290 g/mol. The van der Waals surface area contributed by atoms with E-state index in [-0.39, 0.29) is 11.8 Å². The maximum atomic E-state index is 11.9. The molecule has 1 atom stereocenters. The van der Waals surface area contributed by atoms with Crippen LogP contribution in [0, 0.1) is 24.2 Å². The second-order valence-electron chi connectivity index (χ2n) is 5.44. The summed E-state index contributed by atoms with van der Waals surface area (Å²) in [7, 11) is 0. The van der Waals surface area contributed by atoms with E-state index in [4.69, 9.17) is 0 Å². The highest BCUT2D eigenvalue weighted by atomic mass is 32.2. The number of carbonyl (C=O) groups is 1. The summed E-state index contributed by atoms with van der Waals surface area (Å²) >= 11 is 1.57. The fourth-order valence-electron chi connectivity index (χ4n) is 1.65. The molecular weight excluding hydrogens is 268 g/mol. The normalized spacial score (nSPS) is 13.6. The van der Waals surface area contributed by atoms with Gasteiger partial charge in [-0.3, -0.25) is 4.79 Å². The van der Waals surface area contributed by atoms with Crippen LogP contribution in [0.3, 0.4) is 0 Å². The lowest BCUT2D eigenvalue weighted by Crippen LogP contribution is -2.49. The van der Waals surface area contributed by atoms with Gasteiger partial charge in [0.25, 0.3) is 0 Å². The molecule has 1 amide bonds. The van der Waals surface area contributed by atoms with Crippen LogP contribution in [0.5, 0.6) is 0 Å². The lowest BCUT2D eigenvalue weighted by atomic mass is 9.90. The zero-order chi connectivity index (χ0) is 15.2. The number of amides is 1. The Balaban J connectivity index is 2.45. The molecule has 0 spiro atoms. The van der Waals surface area contributed by atoms with Crippen LogP contribution in [0.1, 0.15) is 31.9 Å². The first kappa shape index (κ1) is 16.6. The van der Waals surface area contributed by atoms with E-state index >= 15 is 0 Å². The zero-order valence-corrected chi connectivity index (χ0v) is 13.4. The second-order valence-corrected chi connectivity index (χ2v) is 6.42. The summed E-state index contributed by atoms with van der Waals surface area (Å²) in [6, 6.07) is 10.4. The number of nitriles is 1. The zero-order valence-electron chi connectivity index (χ0n) is 12.6. The Hall–Kier alpha value is -1.47. The number of hydrogen-bond donors (Lipinski definition) is 1. The molecule has 1 aromatic carbocycles. The summed E-state index contributed by atoms with van der Waals surface area (Å²) < 4.78 is 0. The van der Waals surface area contributed by atoms with Gasteiger partial charge in [0, 0.05) is 5.75 Å². The molecule has 0 saturated carbocycles. The summed E-state index contributed by atoms with van der Waals surface area (Å²) in [4.78, 5) is 11.9. The largest absolute Gasteiger partial charge is 0.337 e. The number of hydrogen-bond acceptors (Lipinski definition) is 3. The Kier molecular flexibility index (Phi) is 6.09. The minimum atomic E-state index is -0.791. The second kappa shape index (κ2) is 7.35. The van der Waals surface area contributed by atoms with Crippen molar-refractivity contribution in [2.45, 2.75) is 39.0 Å². The van der Waals surface area contributed by atoms with E-state index in [2.05, 4.69) is 30.4 Å². The van der Waals surface area contributed by atoms with E-state index in [1.807, 2.05) is 26.0 Å². The number of thioether (sulfide) groups is 1. The molecule has 4 heteroatoms. The minimum absolute atomic E-state index is 0.0813. The van der Waals surface area contributed by atoms with Gasteiger partial charge in [0.15, 0.2) is 0 Å². The van der Waals surface area contributed by atoms with E-state index in [0.29, 0.717) is 5.75 Å². The lowest BCUT2D eigenvalue weighted by molar-refractivity contribution is -0.120. The number of nitrogens with one attached hydrogen (secondary N) is 1. The third-order valence-electron chi connectivity index (χ3n) is 3.54. The number of rotatable bonds is 6. The van der Waals surface area contributed by atoms with Crippen molar-refractivity contribution in [3.05, 3.63) is 35.4 Å². The predicted molar refractivity (Wildman–Crippen MR) is 84.3 cm³/mol. The molecule has 0 unspecified atom stereocenters. The van der Waals surface area contributed by atoms with Gasteiger partial charge >= 0.3 is 0 Å². The molecule has 0 fully saturated rings. The summed E-state index contributed by atoms with van der Waals surface area (Å²) in [6.45, 7) is 7.71. The van der Waals surface area contributed by atoms with Crippen molar-refractivity contribution >= 4 is 17.7 Å². The van der Waals surface area contributed by atoms with Crippen molar-refractivity contribution in [2.24, 2.45) is 5.92 Å². The lowest BCUT2D eigenvalue weighted by Gasteiger charge is -2.27. The predicted octanol–water partition coefficient (Wildman–Crippen LogP) is 3.28. The first-order chi connectivity index (χ1) is 9.39. The molecule has 0 aliphatic carbocycles. The van der Waals surface area contributed by atoms with Gasteiger partial charge in [0.2, 0.25) is 5.91 Å². The fourth-order valence-corrected chi connectivity index (χ4v) is 2.56. The SMILES string of the molecule is Cc1ccccc1CSCC(=O)N[C@](C)(C#N)C(C)C. The monoisotopic (exact) mass is 290 g/mol. The van der Waals surface area contributed by atoms with Crippen LogP contribution in [0.15, 0.2) is 24.3 Å². The Morgan fingerprint density at radius 3 is 2.65 bits per heavy atom. The maximum absolute atomic E-state index is 11.9. The van der Waals surface area contributed by atoms with E-state index in [9.17, 15) is 10.1 Å². The molecule has 0 saturated heterocycles. The third-order valence-corrected chi connectivity index (χ3v) is 4.52. The molecule has 0 bridgehead atoms. The summed E-state index contributed by atoms with van der Waals surface area (Å²) in [5.74, 6) is 1.18. The highest BCUT2D eigenvalue weighted by molar-refractivity contribution is 7.99. The molecule has 3 nitrogen and oxygen atoms in total. The summed E-state index contributed by atoms with van der Waals surface area (Å²) in [6.07, 6.45) is 0. The van der Waals surface area contributed by atoms with Crippen molar-refractivity contribution in [1.82, 2.24) is 5.32 Å². The van der Waals surface area contributed by atoms with Crippen molar-refractivity contribution in [2.75, 3.05) is 5.75 Å². The van der Waals surface area contributed by atoms with Crippen molar-refractivity contribution in [3.8, 4) is 6.07 Å². The van der Waals surface area contributed by atoms with Crippen LogP contribution in [0.4, 0.5) is 0 Å². The smallest absolute Gasteiger partial charge is 0.231 e. The highest BCUT2D eigenvalue weighted by Crippen LogP contribution is 2.18. The van der Waals surface area contributed by atoms with E-state index in [0.717, 1.165) is 5.75 Å². The van der Waals surface area contributed by atoms with Gasteiger partial charge in [-0.15, -0.1) is 11.8 Å². The topological polar surface area (TPSA) is 52.9 Å². The molecule has 1 N–H and O–H groups in total. The number of nitrogens with zero attached hydrogens (tertiary/aromatic N) is 1. The quantitative estimate of drug-likeness (QED) is 0.874. The molecule has 0 aromatic heterocycles. The maximum Gasteiger partial charge on any atom is 0.231 e. The molecule has 0 aliphatic rings. The molecule has 1 rings (SSSR count). The van der Waals surface area contributed by atoms with Crippen LogP contribution < -0.4 is 5.32 Å². The van der Waals surface area contributed by atoms with Gasteiger partial charge in [-0.25, -0.2) is 0 Å². The van der Waals surface area contributed by atoms with E-state index < -0.39 is 5.54 Å². The Bertz CT molecular complexity index is 507. The average Bonchev–Trinajstić information content (AvgIpc) is 2.40. The number of carbonyl (C=O) groups excluding carboxylic acids is 1. The van der Waals surface area contributed by atoms with Gasteiger partial charge < -0.3 is 5.32 Å². The number of benzene rings is 1. The Labute approximate surface area is 125 Å². The molecule has 20 heavy (non-hydrogen) atoms. The Morgan fingerprint density at radius 1 is 1.45 bits per heavy atom. The van der Waals surface area contributed by atoms with E-state index in [1.54, 1.807) is 18.7 Å². The van der Waals surface area contributed by atoms with E-state index in [1.165, 1.54) is 11.1 Å². The van der Waals surface area contributed by atoms with Gasteiger partial charge in [-0.2, -0.15) is 5.26 Å². The van der Waals surface area contributed by atoms with Crippen molar-refractivity contribution < 1.29 is 4.79 Å². The first-order valence-electron chi connectivity index (χ1n) is 6.73. The third kappa shape index (κ3) is 4.57. The van der Waals surface area contributed by atoms with Crippen molar-refractivity contribution in [1.29, 1.82) is 5.26 Å². The molecule has 0 radical (unpaired) electrons. The molecule has 1 aromatic rings. The fraction of sp³-hybridized carbons (Fsp3) is 0.500. The summed E-state index contributed by atoms with van der Waals surface area (Å²) in [5, 5.41) is 12.0. The van der Waals surface area contributed by atoms with Crippen LogP contribution >= 0.6 is 11.8 Å². The molecular formula is C16H22N2OS. The number of aryl methyl sites for hydroxylation is 1. The molecule has 0 aliphatic heterocycles. The Morgan fingerprint density at radius 2 is 2.10 bits per heavy atom. The molecule has 108 valence electrons. The standard InChI is InChI=1S/C16H22N2OS/c1-12(2)16(4,11-17)18-15(19)10-20-9-14-8-6-5-7-13(14)3/h5-8,12H,9-10H2,1-4H3,(H,18,19)/t16-/m1/s1. The minimum Gasteiger partial charge on any atom is -0.337 e. The van der Waals surface area contributed by atoms with Crippen LogP contribution in [0.2, 0.25) is 0 Å². The highest BCUT2D eigenvalue weighted by Gasteiger charge is 2.29. The van der Waals surface area contributed by atoms with Gasteiger partial charge in [-0.1, -0.05) is 38.1 Å². The van der Waals surface area contributed by atoms with Crippen LogP contribution in [-0.4, -0.2) is 17.2 Å². The van der Waals surface area contributed by atoms with Gasteiger partial charge in [0.05, 0.1) is 11.8 Å². The molecule has 0 heterocycles. The first-order valence-corrected chi connectivity index (χ1v) is 7.89. The van der Waals surface area contributed by atoms with Crippen LogP contribution in [-0.2, 0) is 10.5 Å². The van der Waals surface area contributed by atoms with Gasteiger partial charge in [0.1, 0.15) is 5.54 Å².